The molecule has 0 radical (unpaired) electrons. The zero-order valence-electron chi connectivity index (χ0n) is 14.1. The summed E-state index contributed by atoms with van der Waals surface area (Å²) >= 11 is 0. The van der Waals surface area contributed by atoms with Gasteiger partial charge in [0.05, 0.1) is 0 Å². The van der Waals surface area contributed by atoms with Crippen LogP contribution >= 0.6 is 0 Å². The van der Waals surface area contributed by atoms with Gasteiger partial charge in [-0.25, -0.2) is 13.2 Å². The van der Waals surface area contributed by atoms with E-state index in [-0.39, 0.29) is 25.5 Å². The van der Waals surface area contributed by atoms with Crippen LogP contribution in [0.2, 0.25) is 0 Å². The molecule has 2 amide bonds. The molecular weight excluding hydrogens is 345 g/mol. The third-order valence-corrected chi connectivity index (χ3v) is 4.36. The van der Waals surface area contributed by atoms with Crippen molar-refractivity contribution < 1.29 is 22.8 Å². The predicted molar refractivity (Wildman–Crippen MR) is 88.8 cm³/mol. The molecule has 0 bridgehead atoms. The van der Waals surface area contributed by atoms with E-state index in [1.807, 2.05) is 31.2 Å². The number of rotatable bonds is 3. The minimum atomic E-state index is -1.54. The van der Waals surface area contributed by atoms with Crippen LogP contribution in [-0.4, -0.2) is 41.2 Å². The summed E-state index contributed by atoms with van der Waals surface area (Å²) in [6.07, 6.45) is 0. The van der Waals surface area contributed by atoms with E-state index >= 15 is 0 Å². The molecule has 1 aliphatic rings. The van der Waals surface area contributed by atoms with Crippen LogP contribution in [0.3, 0.4) is 0 Å². The molecule has 1 aliphatic heterocycles. The number of hydrogen-bond donors (Lipinski definition) is 0. The maximum Gasteiger partial charge on any atom is 0.260 e. The molecule has 26 heavy (non-hydrogen) atoms. The Morgan fingerprint density at radius 2 is 1.65 bits per heavy atom. The summed E-state index contributed by atoms with van der Waals surface area (Å²) < 4.78 is 40.9. The summed E-state index contributed by atoms with van der Waals surface area (Å²) in [6, 6.07) is 9.02. The highest BCUT2D eigenvalue weighted by Crippen LogP contribution is 2.19. The second-order valence-corrected chi connectivity index (χ2v) is 6.25. The molecule has 0 aromatic heterocycles. The van der Waals surface area contributed by atoms with Gasteiger partial charge in [-0.2, -0.15) is 0 Å². The van der Waals surface area contributed by atoms with Gasteiger partial charge in [0.15, 0.2) is 11.6 Å². The average molecular weight is 362 g/mol. The van der Waals surface area contributed by atoms with Gasteiger partial charge in [-0.3, -0.25) is 9.59 Å². The molecule has 3 rings (SSSR count). The first-order valence-corrected chi connectivity index (χ1v) is 8.13. The molecule has 0 atom stereocenters. The van der Waals surface area contributed by atoms with E-state index in [1.165, 1.54) is 0 Å². The Morgan fingerprint density at radius 3 is 2.31 bits per heavy atom. The van der Waals surface area contributed by atoms with Crippen molar-refractivity contribution in [2.75, 3.05) is 19.6 Å². The van der Waals surface area contributed by atoms with E-state index in [2.05, 4.69) is 0 Å². The lowest BCUT2D eigenvalue weighted by Crippen LogP contribution is -2.52. The highest BCUT2D eigenvalue weighted by Gasteiger charge is 2.31. The Balaban J connectivity index is 1.70. The summed E-state index contributed by atoms with van der Waals surface area (Å²) in [5.41, 5.74) is 1.09. The summed E-state index contributed by atoms with van der Waals surface area (Å²) in [5.74, 6) is -5.35. The molecule has 1 saturated heterocycles. The number of nitrogens with zero attached hydrogens (tertiary/aromatic N) is 2. The van der Waals surface area contributed by atoms with Gasteiger partial charge in [0.1, 0.15) is 17.9 Å². The van der Waals surface area contributed by atoms with E-state index in [1.54, 1.807) is 4.90 Å². The van der Waals surface area contributed by atoms with Gasteiger partial charge in [-0.15, -0.1) is 0 Å². The van der Waals surface area contributed by atoms with Gasteiger partial charge in [0.2, 0.25) is 5.91 Å². The number of piperazine rings is 1. The highest BCUT2D eigenvalue weighted by atomic mass is 19.2. The second-order valence-electron chi connectivity index (χ2n) is 6.25. The monoisotopic (exact) mass is 362 g/mol. The molecule has 2 aromatic carbocycles. The van der Waals surface area contributed by atoms with E-state index in [4.69, 9.17) is 0 Å². The van der Waals surface area contributed by atoms with Crippen LogP contribution in [0.25, 0.3) is 0 Å². The number of halogens is 3. The van der Waals surface area contributed by atoms with Crippen LogP contribution in [0.4, 0.5) is 13.2 Å². The molecule has 0 aliphatic carbocycles. The fourth-order valence-electron chi connectivity index (χ4n) is 2.84. The van der Waals surface area contributed by atoms with Crippen molar-refractivity contribution in [3.05, 3.63) is 70.5 Å². The summed E-state index contributed by atoms with van der Waals surface area (Å²) in [6.45, 7) is 2.40. The highest BCUT2D eigenvalue weighted by molar-refractivity contribution is 5.97. The molecule has 7 heteroatoms. The number of carbonyl (C=O) groups is 2. The lowest BCUT2D eigenvalue weighted by molar-refractivity contribution is -0.135. The maximum atomic E-state index is 13.8. The summed E-state index contributed by atoms with van der Waals surface area (Å²) in [7, 11) is 0. The van der Waals surface area contributed by atoms with Gasteiger partial charge in [0.25, 0.3) is 5.91 Å². The first kappa shape index (κ1) is 18.0. The summed E-state index contributed by atoms with van der Waals surface area (Å²) in [5, 5.41) is 0. The van der Waals surface area contributed by atoms with E-state index in [9.17, 15) is 22.8 Å². The normalized spacial score (nSPS) is 14.7. The van der Waals surface area contributed by atoms with Crippen molar-refractivity contribution in [1.82, 2.24) is 9.80 Å². The second kappa shape index (κ2) is 7.19. The first-order valence-electron chi connectivity index (χ1n) is 8.13. The van der Waals surface area contributed by atoms with Gasteiger partial charge < -0.3 is 9.80 Å². The van der Waals surface area contributed by atoms with E-state index in [0.29, 0.717) is 18.7 Å². The molecule has 2 aromatic rings. The fourth-order valence-corrected chi connectivity index (χ4v) is 2.84. The van der Waals surface area contributed by atoms with Gasteiger partial charge in [0, 0.05) is 19.6 Å². The maximum absolute atomic E-state index is 13.8. The first-order chi connectivity index (χ1) is 12.4. The van der Waals surface area contributed by atoms with Crippen molar-refractivity contribution in [3.63, 3.8) is 0 Å². The van der Waals surface area contributed by atoms with Crippen LogP contribution in [0, 0.1) is 24.4 Å². The van der Waals surface area contributed by atoms with Gasteiger partial charge in [-0.1, -0.05) is 29.8 Å². The Labute approximate surface area is 148 Å². The number of carbonyl (C=O) groups excluding carboxylic acids is 2. The van der Waals surface area contributed by atoms with Crippen LogP contribution < -0.4 is 0 Å². The Hall–Kier alpha value is -2.83. The van der Waals surface area contributed by atoms with Crippen molar-refractivity contribution >= 4 is 11.8 Å². The van der Waals surface area contributed by atoms with Crippen molar-refractivity contribution in [2.24, 2.45) is 0 Å². The van der Waals surface area contributed by atoms with Crippen molar-refractivity contribution in [3.8, 4) is 0 Å². The average Bonchev–Trinajstić information content (AvgIpc) is 2.62. The van der Waals surface area contributed by atoms with Crippen molar-refractivity contribution in [1.29, 1.82) is 0 Å². The lowest BCUT2D eigenvalue weighted by atomic mass is 10.1. The third kappa shape index (κ3) is 3.56. The Bertz CT molecular complexity index is 853. The molecule has 0 unspecified atom stereocenters. The predicted octanol–water partition coefficient (Wildman–Crippen LogP) is 2.90. The Morgan fingerprint density at radius 1 is 1.00 bits per heavy atom. The van der Waals surface area contributed by atoms with Gasteiger partial charge in [-0.05, 0) is 24.6 Å². The largest absolute Gasteiger partial charge is 0.335 e. The number of amides is 2. The van der Waals surface area contributed by atoms with Crippen LogP contribution in [0.5, 0.6) is 0 Å². The molecule has 4 nitrogen and oxygen atoms in total. The molecular formula is C19H17F3N2O2. The quantitative estimate of drug-likeness (QED) is 0.788. The van der Waals surface area contributed by atoms with Crippen LogP contribution in [0.15, 0.2) is 36.4 Å². The zero-order chi connectivity index (χ0) is 18.8. The number of aryl methyl sites for hydroxylation is 1. The van der Waals surface area contributed by atoms with Gasteiger partial charge >= 0.3 is 0 Å². The molecule has 0 N–H and O–H groups in total. The molecule has 0 spiro atoms. The molecule has 1 heterocycles. The fraction of sp³-hybridized carbons (Fsp3) is 0.263. The topological polar surface area (TPSA) is 40.6 Å². The number of benzene rings is 2. The van der Waals surface area contributed by atoms with E-state index in [0.717, 1.165) is 16.0 Å². The minimum Gasteiger partial charge on any atom is -0.335 e. The number of hydrogen-bond acceptors (Lipinski definition) is 2. The minimum absolute atomic E-state index is 0.117. The van der Waals surface area contributed by atoms with E-state index < -0.39 is 28.9 Å². The molecule has 136 valence electrons. The molecule has 1 fully saturated rings. The standard InChI is InChI=1S/C19H17F3N2O2/c1-12-2-4-13(5-3-12)10-23-8-9-24(11-16(23)25)19(26)17-14(20)6-7-15(21)18(17)22/h2-7H,8-11H2,1H3. The molecule has 0 saturated carbocycles. The Kier molecular flexibility index (Phi) is 4.97. The smallest absolute Gasteiger partial charge is 0.260 e. The van der Waals surface area contributed by atoms with Crippen LogP contribution in [0.1, 0.15) is 21.5 Å². The van der Waals surface area contributed by atoms with Crippen LogP contribution in [-0.2, 0) is 11.3 Å². The van der Waals surface area contributed by atoms with Crippen molar-refractivity contribution in [2.45, 2.75) is 13.5 Å². The summed E-state index contributed by atoms with van der Waals surface area (Å²) in [4.78, 5) is 27.3. The SMILES string of the molecule is Cc1ccc(CN2CCN(C(=O)c3c(F)ccc(F)c3F)CC2=O)cc1. The third-order valence-electron chi connectivity index (χ3n) is 4.36. The lowest BCUT2D eigenvalue weighted by Gasteiger charge is -2.34. The zero-order valence-corrected chi connectivity index (χ0v) is 14.1.